The van der Waals surface area contributed by atoms with Crippen LogP contribution in [0.5, 0.6) is 5.75 Å². The molecule has 1 atom stereocenters. The quantitative estimate of drug-likeness (QED) is 0.607. The third-order valence-corrected chi connectivity index (χ3v) is 5.12. The number of benzene rings is 2. The van der Waals surface area contributed by atoms with E-state index in [1.807, 2.05) is 36.4 Å². The summed E-state index contributed by atoms with van der Waals surface area (Å²) in [6.07, 6.45) is 1.75. The third-order valence-electron chi connectivity index (χ3n) is 3.87. The van der Waals surface area contributed by atoms with E-state index in [2.05, 4.69) is 4.98 Å². The zero-order valence-electron chi connectivity index (χ0n) is 14.0. The predicted octanol–water partition coefficient (Wildman–Crippen LogP) is 3.77. The summed E-state index contributed by atoms with van der Waals surface area (Å²) in [7, 11) is -1.07. The average Bonchev–Trinajstić information content (AvgIpc) is 2.62. The number of fused-ring (bicyclic) bond motifs is 1. The minimum absolute atomic E-state index is 0.0430. The standard InChI is InChI=1S/C20H19NO3S/c1-15(22)18-9-2-3-10-19(18)24-12-13-25(23)14-17-7-4-6-16-8-5-11-21-20(16)17/h2-11H,12-14H2,1H3. The van der Waals surface area contributed by atoms with E-state index in [0.717, 1.165) is 16.5 Å². The van der Waals surface area contributed by atoms with E-state index in [0.29, 0.717) is 29.4 Å². The van der Waals surface area contributed by atoms with E-state index in [9.17, 15) is 9.00 Å². The van der Waals surface area contributed by atoms with Crippen LogP contribution in [0.3, 0.4) is 0 Å². The Bertz CT molecular complexity index is 918. The van der Waals surface area contributed by atoms with Gasteiger partial charge in [0.2, 0.25) is 0 Å². The average molecular weight is 353 g/mol. The van der Waals surface area contributed by atoms with Gasteiger partial charge in [-0.1, -0.05) is 36.4 Å². The van der Waals surface area contributed by atoms with Crippen LogP contribution in [0.1, 0.15) is 22.8 Å². The van der Waals surface area contributed by atoms with Gasteiger partial charge >= 0.3 is 0 Å². The van der Waals surface area contributed by atoms with Crippen molar-refractivity contribution in [1.82, 2.24) is 4.98 Å². The highest BCUT2D eigenvalue weighted by molar-refractivity contribution is 7.84. The van der Waals surface area contributed by atoms with Crippen LogP contribution in [-0.4, -0.2) is 27.3 Å². The number of nitrogens with zero attached hydrogens (tertiary/aromatic N) is 1. The van der Waals surface area contributed by atoms with Gasteiger partial charge in [0, 0.05) is 22.4 Å². The highest BCUT2D eigenvalue weighted by atomic mass is 32.2. The Morgan fingerprint density at radius 2 is 1.88 bits per heavy atom. The van der Waals surface area contributed by atoms with Crippen LogP contribution in [0.25, 0.3) is 10.9 Å². The van der Waals surface area contributed by atoms with Gasteiger partial charge in [-0.15, -0.1) is 0 Å². The van der Waals surface area contributed by atoms with Crippen molar-refractivity contribution in [1.29, 1.82) is 0 Å². The molecule has 0 aliphatic rings. The SMILES string of the molecule is CC(=O)c1ccccc1OCCS(=O)Cc1cccc2cccnc12. The van der Waals surface area contributed by atoms with E-state index in [4.69, 9.17) is 4.74 Å². The van der Waals surface area contributed by atoms with Crippen molar-refractivity contribution in [3.05, 3.63) is 71.9 Å². The third kappa shape index (κ3) is 4.31. The maximum Gasteiger partial charge on any atom is 0.163 e. The first-order valence-electron chi connectivity index (χ1n) is 8.05. The molecule has 0 fully saturated rings. The molecule has 0 radical (unpaired) electrons. The fourth-order valence-corrected chi connectivity index (χ4v) is 3.65. The van der Waals surface area contributed by atoms with Gasteiger partial charge in [0.15, 0.2) is 5.78 Å². The largest absolute Gasteiger partial charge is 0.492 e. The molecule has 0 saturated carbocycles. The second kappa shape index (κ2) is 8.03. The van der Waals surface area contributed by atoms with Gasteiger partial charge in [-0.3, -0.25) is 14.0 Å². The van der Waals surface area contributed by atoms with E-state index in [1.165, 1.54) is 6.92 Å². The minimum atomic E-state index is -1.07. The second-order valence-corrected chi connectivity index (χ2v) is 7.26. The fraction of sp³-hybridized carbons (Fsp3) is 0.200. The molecule has 2 aromatic carbocycles. The van der Waals surface area contributed by atoms with Crippen LogP contribution >= 0.6 is 0 Å². The molecule has 3 aromatic rings. The Morgan fingerprint density at radius 3 is 2.72 bits per heavy atom. The molecule has 0 amide bonds. The highest BCUT2D eigenvalue weighted by Crippen LogP contribution is 2.19. The lowest BCUT2D eigenvalue weighted by atomic mass is 10.1. The molecule has 3 rings (SSSR count). The summed E-state index contributed by atoms with van der Waals surface area (Å²) in [4.78, 5) is 16.0. The smallest absolute Gasteiger partial charge is 0.163 e. The van der Waals surface area contributed by atoms with Crippen LogP contribution in [0.15, 0.2) is 60.8 Å². The van der Waals surface area contributed by atoms with Crippen molar-refractivity contribution in [2.45, 2.75) is 12.7 Å². The Kier molecular flexibility index (Phi) is 5.56. The number of carbonyl (C=O) groups is 1. The first kappa shape index (κ1) is 17.3. The summed E-state index contributed by atoms with van der Waals surface area (Å²) in [6, 6.07) is 16.9. The van der Waals surface area contributed by atoms with Crippen molar-refractivity contribution >= 4 is 27.5 Å². The first-order chi connectivity index (χ1) is 12.1. The highest BCUT2D eigenvalue weighted by Gasteiger charge is 2.10. The lowest BCUT2D eigenvalue weighted by molar-refractivity contribution is 0.101. The lowest BCUT2D eigenvalue weighted by Crippen LogP contribution is -2.11. The Balaban J connectivity index is 1.61. The van der Waals surface area contributed by atoms with Crippen LogP contribution in [0, 0.1) is 0 Å². The van der Waals surface area contributed by atoms with Gasteiger partial charge < -0.3 is 4.74 Å². The molecule has 0 bridgehead atoms. The molecule has 1 unspecified atom stereocenters. The van der Waals surface area contributed by atoms with Gasteiger partial charge in [-0.25, -0.2) is 0 Å². The summed E-state index contributed by atoms with van der Waals surface area (Å²) in [5, 5.41) is 1.05. The first-order valence-corrected chi connectivity index (χ1v) is 9.54. The van der Waals surface area contributed by atoms with Crippen LogP contribution in [0.4, 0.5) is 0 Å². The molecular formula is C20H19NO3S. The molecule has 1 heterocycles. The molecule has 25 heavy (non-hydrogen) atoms. The topological polar surface area (TPSA) is 56.3 Å². The van der Waals surface area contributed by atoms with Crippen LogP contribution < -0.4 is 4.74 Å². The molecule has 0 N–H and O–H groups in total. The number of rotatable bonds is 7. The van der Waals surface area contributed by atoms with Gasteiger partial charge in [-0.05, 0) is 30.7 Å². The fourth-order valence-electron chi connectivity index (χ4n) is 2.66. The number of aromatic nitrogens is 1. The maximum absolute atomic E-state index is 12.4. The van der Waals surface area contributed by atoms with E-state index in [1.54, 1.807) is 24.4 Å². The van der Waals surface area contributed by atoms with Gasteiger partial charge in [0.05, 0.1) is 29.2 Å². The van der Waals surface area contributed by atoms with Crippen LogP contribution in [0.2, 0.25) is 0 Å². The zero-order valence-corrected chi connectivity index (χ0v) is 14.8. The monoisotopic (exact) mass is 353 g/mol. The molecule has 5 heteroatoms. The Morgan fingerprint density at radius 1 is 1.08 bits per heavy atom. The summed E-state index contributed by atoms with van der Waals surface area (Å²) in [5.41, 5.74) is 2.41. The van der Waals surface area contributed by atoms with E-state index >= 15 is 0 Å². The van der Waals surface area contributed by atoms with Gasteiger partial charge in [0.25, 0.3) is 0 Å². The van der Waals surface area contributed by atoms with E-state index in [-0.39, 0.29) is 5.78 Å². The molecule has 0 aliphatic carbocycles. The number of ketones is 1. The predicted molar refractivity (Wildman–Crippen MR) is 100 cm³/mol. The number of ether oxygens (including phenoxy) is 1. The minimum Gasteiger partial charge on any atom is -0.492 e. The molecule has 4 nitrogen and oxygen atoms in total. The lowest BCUT2D eigenvalue weighted by Gasteiger charge is -2.10. The van der Waals surface area contributed by atoms with Crippen molar-refractivity contribution < 1.29 is 13.7 Å². The number of carbonyl (C=O) groups excluding carboxylic acids is 1. The molecular weight excluding hydrogens is 334 g/mol. The second-order valence-electron chi connectivity index (χ2n) is 5.68. The number of Topliss-reactive ketones (excluding diaryl/α,β-unsaturated/α-hetero) is 1. The molecule has 0 saturated heterocycles. The van der Waals surface area contributed by atoms with Crippen molar-refractivity contribution in [3.8, 4) is 5.75 Å². The van der Waals surface area contributed by atoms with Crippen molar-refractivity contribution in [2.24, 2.45) is 0 Å². The number of para-hydroxylation sites is 2. The van der Waals surface area contributed by atoms with Gasteiger partial charge in [-0.2, -0.15) is 0 Å². The van der Waals surface area contributed by atoms with E-state index < -0.39 is 10.8 Å². The summed E-state index contributed by atoms with van der Waals surface area (Å²) < 4.78 is 18.1. The molecule has 1 aromatic heterocycles. The maximum atomic E-state index is 12.4. The summed E-state index contributed by atoms with van der Waals surface area (Å²) in [6.45, 7) is 1.81. The van der Waals surface area contributed by atoms with Gasteiger partial charge in [0.1, 0.15) is 5.75 Å². The van der Waals surface area contributed by atoms with Crippen molar-refractivity contribution in [3.63, 3.8) is 0 Å². The number of pyridine rings is 1. The molecule has 0 spiro atoms. The summed E-state index contributed by atoms with van der Waals surface area (Å²) in [5.74, 6) is 1.33. The Labute approximate surface area is 149 Å². The van der Waals surface area contributed by atoms with Crippen LogP contribution in [-0.2, 0) is 16.6 Å². The molecule has 128 valence electrons. The zero-order chi connectivity index (χ0) is 17.6. The Hall–Kier alpha value is -2.53. The van der Waals surface area contributed by atoms with Crippen molar-refractivity contribution in [2.75, 3.05) is 12.4 Å². The number of hydrogen-bond acceptors (Lipinski definition) is 4. The summed E-state index contributed by atoms with van der Waals surface area (Å²) >= 11 is 0. The number of hydrogen-bond donors (Lipinski definition) is 0. The molecule has 0 aliphatic heterocycles. The normalized spacial score (nSPS) is 12.0.